The van der Waals surface area contributed by atoms with Gasteiger partial charge in [-0.3, -0.25) is 0 Å². The van der Waals surface area contributed by atoms with Crippen molar-refractivity contribution in [1.82, 2.24) is 9.71 Å². The van der Waals surface area contributed by atoms with E-state index in [0.717, 1.165) is 0 Å². The average Bonchev–Trinajstić information content (AvgIpc) is 2.41. The number of nitrogens with zero attached hydrogens (tertiary/aromatic N) is 1. The van der Waals surface area contributed by atoms with Gasteiger partial charge in [-0.05, 0) is 36.8 Å². The van der Waals surface area contributed by atoms with Gasteiger partial charge in [-0.2, -0.15) is 0 Å². The third-order valence-corrected chi connectivity index (χ3v) is 5.27. The first kappa shape index (κ1) is 16.5. The summed E-state index contributed by atoms with van der Waals surface area (Å²) in [5.41, 5.74) is 0.702. The van der Waals surface area contributed by atoms with E-state index in [-0.39, 0.29) is 10.0 Å². The van der Waals surface area contributed by atoms with Crippen LogP contribution in [0.15, 0.2) is 41.4 Å². The molecule has 4 nitrogen and oxygen atoms in total. The first-order valence-corrected chi connectivity index (χ1v) is 8.50. The zero-order chi connectivity index (χ0) is 15.6. The Morgan fingerprint density at radius 3 is 2.43 bits per heavy atom. The molecule has 1 heterocycles. The minimum absolute atomic E-state index is 0.0504. The van der Waals surface area contributed by atoms with Crippen molar-refractivity contribution in [2.45, 2.75) is 17.9 Å². The minimum atomic E-state index is -3.70. The van der Waals surface area contributed by atoms with Gasteiger partial charge in [-0.25, -0.2) is 18.1 Å². The molecule has 2 aromatic rings. The molecule has 112 valence electrons. The average molecular weight is 366 g/mol. The molecule has 0 aliphatic carbocycles. The Morgan fingerprint density at radius 1 is 1.10 bits per heavy atom. The predicted molar refractivity (Wildman–Crippen MR) is 84.4 cm³/mol. The first-order valence-electron chi connectivity index (χ1n) is 5.88. The van der Waals surface area contributed by atoms with Crippen molar-refractivity contribution in [3.63, 3.8) is 0 Å². The lowest BCUT2D eigenvalue weighted by atomic mass is 10.1. The van der Waals surface area contributed by atoms with Crippen LogP contribution < -0.4 is 4.72 Å². The third-order valence-electron chi connectivity index (χ3n) is 2.78. The fourth-order valence-corrected chi connectivity index (χ4v) is 3.49. The largest absolute Gasteiger partial charge is 0.244 e. The number of rotatable bonds is 4. The van der Waals surface area contributed by atoms with Crippen molar-refractivity contribution < 1.29 is 8.42 Å². The molecular weight excluding hydrogens is 355 g/mol. The van der Waals surface area contributed by atoms with Crippen LogP contribution >= 0.6 is 34.8 Å². The second-order valence-electron chi connectivity index (χ2n) is 4.33. The van der Waals surface area contributed by atoms with E-state index in [0.29, 0.717) is 15.6 Å². The Morgan fingerprint density at radius 2 is 1.81 bits per heavy atom. The number of hydrogen-bond donors (Lipinski definition) is 1. The summed E-state index contributed by atoms with van der Waals surface area (Å²) < 4.78 is 27.1. The smallest absolute Gasteiger partial charge is 0.241 e. The molecule has 1 atom stereocenters. The highest BCUT2D eigenvalue weighted by molar-refractivity contribution is 7.89. The van der Waals surface area contributed by atoms with Crippen LogP contribution in [0.1, 0.15) is 18.5 Å². The molecule has 2 rings (SSSR count). The van der Waals surface area contributed by atoms with E-state index in [1.165, 1.54) is 18.3 Å². The molecule has 1 N–H and O–H groups in total. The minimum Gasteiger partial charge on any atom is -0.244 e. The van der Waals surface area contributed by atoms with E-state index >= 15 is 0 Å². The summed E-state index contributed by atoms with van der Waals surface area (Å²) in [5.74, 6) is 0. The zero-order valence-electron chi connectivity index (χ0n) is 10.8. The van der Waals surface area contributed by atoms with Crippen LogP contribution in [-0.4, -0.2) is 13.4 Å². The Hall–Kier alpha value is -0.850. The van der Waals surface area contributed by atoms with E-state index in [1.807, 2.05) is 0 Å². The molecule has 0 amide bonds. The molecule has 0 saturated heterocycles. The Bertz CT molecular complexity index is 766. The number of halogens is 3. The maximum Gasteiger partial charge on any atom is 0.241 e. The van der Waals surface area contributed by atoms with Gasteiger partial charge in [-0.15, -0.1) is 0 Å². The van der Waals surface area contributed by atoms with E-state index in [4.69, 9.17) is 34.8 Å². The summed E-state index contributed by atoms with van der Waals surface area (Å²) >= 11 is 17.5. The molecule has 1 aromatic heterocycles. The predicted octanol–water partition coefficient (Wildman–Crippen LogP) is 4.08. The highest BCUT2D eigenvalue weighted by Crippen LogP contribution is 2.26. The van der Waals surface area contributed by atoms with Gasteiger partial charge in [0.15, 0.2) is 0 Å². The van der Waals surface area contributed by atoms with E-state index in [9.17, 15) is 8.42 Å². The van der Waals surface area contributed by atoms with Crippen molar-refractivity contribution in [3.8, 4) is 0 Å². The molecule has 0 aliphatic heterocycles. The molecule has 0 bridgehead atoms. The van der Waals surface area contributed by atoms with E-state index < -0.39 is 16.1 Å². The second-order valence-corrected chi connectivity index (χ2v) is 7.25. The normalized spacial score (nSPS) is 13.1. The maximum atomic E-state index is 12.3. The van der Waals surface area contributed by atoms with Gasteiger partial charge in [0.1, 0.15) is 5.15 Å². The standard InChI is InChI=1S/C13H11Cl3N2O2S/c1-8(9-2-3-11(14)12(15)6-9)18-21(19,20)10-4-5-17-13(16)7-10/h2-8,18H,1H3. The van der Waals surface area contributed by atoms with Crippen LogP contribution in [0.4, 0.5) is 0 Å². The number of pyridine rings is 1. The summed E-state index contributed by atoms with van der Waals surface area (Å²) in [6.45, 7) is 1.71. The van der Waals surface area contributed by atoms with Crippen molar-refractivity contribution in [2.75, 3.05) is 0 Å². The van der Waals surface area contributed by atoms with Crippen LogP contribution in [0.2, 0.25) is 15.2 Å². The van der Waals surface area contributed by atoms with Crippen molar-refractivity contribution in [3.05, 3.63) is 57.3 Å². The highest BCUT2D eigenvalue weighted by Gasteiger charge is 2.19. The first-order chi connectivity index (χ1) is 9.79. The van der Waals surface area contributed by atoms with Crippen LogP contribution in [0.5, 0.6) is 0 Å². The Kier molecular flexibility index (Phi) is 5.11. The van der Waals surface area contributed by atoms with Crippen molar-refractivity contribution in [1.29, 1.82) is 0 Å². The zero-order valence-corrected chi connectivity index (χ0v) is 13.9. The molecule has 0 spiro atoms. The summed E-state index contributed by atoms with van der Waals surface area (Å²) in [4.78, 5) is 3.80. The van der Waals surface area contributed by atoms with Crippen LogP contribution in [0.25, 0.3) is 0 Å². The number of nitrogens with one attached hydrogen (secondary N) is 1. The number of sulfonamides is 1. The highest BCUT2D eigenvalue weighted by atomic mass is 35.5. The topological polar surface area (TPSA) is 59.1 Å². The lowest BCUT2D eigenvalue weighted by Gasteiger charge is -2.15. The molecule has 1 aromatic carbocycles. The van der Waals surface area contributed by atoms with Gasteiger partial charge in [-0.1, -0.05) is 40.9 Å². The summed E-state index contributed by atoms with van der Waals surface area (Å²) in [6.07, 6.45) is 1.33. The molecule has 0 fully saturated rings. The van der Waals surface area contributed by atoms with E-state index in [1.54, 1.807) is 25.1 Å². The third kappa shape index (κ3) is 4.08. The van der Waals surface area contributed by atoms with E-state index in [2.05, 4.69) is 9.71 Å². The van der Waals surface area contributed by atoms with Gasteiger partial charge >= 0.3 is 0 Å². The van der Waals surface area contributed by atoms with Gasteiger partial charge < -0.3 is 0 Å². The van der Waals surface area contributed by atoms with Crippen molar-refractivity contribution >= 4 is 44.8 Å². The van der Waals surface area contributed by atoms with Crippen molar-refractivity contribution in [2.24, 2.45) is 0 Å². The molecule has 8 heteroatoms. The van der Waals surface area contributed by atoms with Crippen LogP contribution in [0.3, 0.4) is 0 Å². The fraction of sp³-hybridized carbons (Fsp3) is 0.154. The van der Waals surface area contributed by atoms with Gasteiger partial charge in [0.05, 0.1) is 14.9 Å². The monoisotopic (exact) mass is 364 g/mol. The number of hydrogen-bond acceptors (Lipinski definition) is 3. The lowest BCUT2D eigenvalue weighted by molar-refractivity contribution is 0.567. The maximum absolute atomic E-state index is 12.3. The summed E-state index contributed by atoms with van der Waals surface area (Å²) in [7, 11) is -3.70. The van der Waals surface area contributed by atoms with Gasteiger partial charge in [0.25, 0.3) is 0 Å². The molecular formula is C13H11Cl3N2O2S. The Labute approximate surface area is 138 Å². The van der Waals surface area contributed by atoms with Crippen LogP contribution in [0, 0.1) is 0 Å². The molecule has 0 saturated carbocycles. The molecule has 0 radical (unpaired) electrons. The molecule has 0 aliphatic rings. The quantitative estimate of drug-likeness (QED) is 0.830. The van der Waals surface area contributed by atoms with Gasteiger partial charge in [0, 0.05) is 12.2 Å². The SMILES string of the molecule is CC(NS(=O)(=O)c1ccnc(Cl)c1)c1ccc(Cl)c(Cl)c1. The summed E-state index contributed by atoms with van der Waals surface area (Å²) in [6, 6.07) is 7.13. The number of aromatic nitrogens is 1. The second kappa shape index (κ2) is 6.50. The molecule has 1 unspecified atom stereocenters. The fourth-order valence-electron chi connectivity index (χ4n) is 1.70. The van der Waals surface area contributed by atoms with Gasteiger partial charge in [0.2, 0.25) is 10.0 Å². The summed E-state index contributed by atoms with van der Waals surface area (Å²) in [5, 5.41) is 0.892. The lowest BCUT2D eigenvalue weighted by Crippen LogP contribution is -2.27. The van der Waals surface area contributed by atoms with Crippen LogP contribution in [-0.2, 0) is 10.0 Å². The molecule has 21 heavy (non-hydrogen) atoms. The number of benzene rings is 1. The Balaban J connectivity index is 2.25.